The number of aliphatic hydroxyl groups is 1. The summed E-state index contributed by atoms with van der Waals surface area (Å²) in [4.78, 5) is 0. The third kappa shape index (κ3) is 3.87. The Morgan fingerprint density at radius 1 is 0.654 bits per heavy atom. The highest BCUT2D eigenvalue weighted by Crippen LogP contribution is 2.60. The molecule has 0 aliphatic heterocycles. The number of alkyl halides is 13. The van der Waals surface area contributed by atoms with Crippen LogP contribution in [0.3, 0.4) is 0 Å². The maximum absolute atomic E-state index is 13.4. The van der Waals surface area contributed by atoms with E-state index in [1.165, 1.54) is 0 Å². The molecule has 0 spiro atoms. The number of halogens is 14. The smallest absolute Gasteiger partial charge is 0.385 e. The molecule has 0 aromatic carbocycles. The van der Waals surface area contributed by atoms with Crippen molar-refractivity contribution < 1.29 is 62.2 Å². The standard InChI is InChI=1S/C11H8F13IO/c1-5(2,26)4(25)3-6(12,13)7(14,15)8(16,17)9(18,19)10(20,21)11(22,23)24/h3,26H,1-2H3/b4-3+. The molecule has 26 heavy (non-hydrogen) atoms. The Balaban J connectivity index is 6.43. The van der Waals surface area contributed by atoms with Gasteiger partial charge >= 0.3 is 35.8 Å². The van der Waals surface area contributed by atoms with Gasteiger partial charge in [0, 0.05) is 9.66 Å². The van der Waals surface area contributed by atoms with Gasteiger partial charge in [-0.3, -0.25) is 0 Å². The molecule has 0 saturated carbocycles. The number of hydrogen-bond donors (Lipinski definition) is 1. The third-order valence-corrected chi connectivity index (χ3v) is 4.48. The molecule has 0 rings (SSSR count). The summed E-state index contributed by atoms with van der Waals surface area (Å²) in [7, 11) is 0. The summed E-state index contributed by atoms with van der Waals surface area (Å²) in [5.74, 6) is -37.2. The van der Waals surface area contributed by atoms with Crippen LogP contribution in [0.2, 0.25) is 0 Å². The Bertz CT molecular complexity index is 555. The second-order valence-electron chi connectivity index (χ2n) is 5.47. The summed E-state index contributed by atoms with van der Waals surface area (Å²) in [5.41, 5.74) is -2.37. The summed E-state index contributed by atoms with van der Waals surface area (Å²) in [5, 5.41) is 9.26. The van der Waals surface area contributed by atoms with Crippen molar-refractivity contribution >= 4 is 22.6 Å². The first-order valence-corrected chi connectivity index (χ1v) is 7.03. The molecule has 156 valence electrons. The van der Waals surface area contributed by atoms with E-state index in [9.17, 15) is 62.2 Å². The Morgan fingerprint density at radius 2 is 0.962 bits per heavy atom. The first kappa shape index (κ1) is 25.5. The topological polar surface area (TPSA) is 20.2 Å². The average Bonchev–Trinajstić information content (AvgIpc) is 2.34. The molecule has 0 aliphatic rings. The van der Waals surface area contributed by atoms with Gasteiger partial charge in [-0.15, -0.1) is 0 Å². The van der Waals surface area contributed by atoms with Gasteiger partial charge < -0.3 is 5.11 Å². The van der Waals surface area contributed by atoms with Crippen molar-refractivity contribution in [2.75, 3.05) is 0 Å². The van der Waals surface area contributed by atoms with E-state index < -0.39 is 51.0 Å². The minimum Gasteiger partial charge on any atom is -0.385 e. The first-order chi connectivity index (χ1) is 10.9. The molecule has 0 saturated heterocycles. The highest BCUT2D eigenvalue weighted by molar-refractivity contribution is 14.1. The molecule has 0 heterocycles. The lowest BCUT2D eigenvalue weighted by molar-refractivity contribution is -0.436. The molecule has 0 atom stereocenters. The van der Waals surface area contributed by atoms with Crippen molar-refractivity contribution in [2.24, 2.45) is 0 Å². The van der Waals surface area contributed by atoms with Crippen molar-refractivity contribution in [3.63, 3.8) is 0 Å². The highest BCUT2D eigenvalue weighted by Gasteiger charge is 2.90. The third-order valence-electron chi connectivity index (χ3n) is 2.85. The summed E-state index contributed by atoms with van der Waals surface area (Å²) >= 11 is 0.729. The summed E-state index contributed by atoms with van der Waals surface area (Å²) in [6, 6.07) is 0. The molecule has 0 bridgehead atoms. The van der Waals surface area contributed by atoms with E-state index in [0.29, 0.717) is 13.8 Å². The van der Waals surface area contributed by atoms with Crippen LogP contribution in [-0.2, 0) is 0 Å². The van der Waals surface area contributed by atoms with Crippen LogP contribution in [0, 0.1) is 0 Å². The normalized spacial score (nSPS) is 16.9. The highest BCUT2D eigenvalue weighted by atomic mass is 127. The van der Waals surface area contributed by atoms with E-state index in [-0.39, 0.29) is 0 Å². The number of allylic oxidation sites excluding steroid dienone is 1. The monoisotopic (exact) mass is 530 g/mol. The first-order valence-electron chi connectivity index (χ1n) is 5.95. The molecule has 0 radical (unpaired) electrons. The second-order valence-corrected chi connectivity index (χ2v) is 6.63. The van der Waals surface area contributed by atoms with Gasteiger partial charge in [0.1, 0.15) is 0 Å². The summed E-state index contributed by atoms with van der Waals surface area (Å²) in [6.07, 6.45) is -8.58. The quantitative estimate of drug-likeness (QED) is 0.340. The van der Waals surface area contributed by atoms with Crippen molar-refractivity contribution in [3.05, 3.63) is 9.66 Å². The number of rotatable bonds is 6. The predicted octanol–water partition coefficient (Wildman–Crippen LogP) is 5.82. The van der Waals surface area contributed by atoms with E-state index in [4.69, 9.17) is 0 Å². The Morgan fingerprint density at radius 3 is 1.23 bits per heavy atom. The van der Waals surface area contributed by atoms with Crippen molar-refractivity contribution in [2.45, 2.75) is 55.2 Å². The molecule has 0 aromatic heterocycles. The van der Waals surface area contributed by atoms with Crippen LogP contribution in [0.5, 0.6) is 0 Å². The molecule has 0 unspecified atom stereocenters. The fourth-order valence-corrected chi connectivity index (χ4v) is 1.60. The molecule has 1 nitrogen and oxygen atoms in total. The lowest BCUT2D eigenvalue weighted by Crippen LogP contribution is -2.69. The van der Waals surface area contributed by atoms with Crippen LogP contribution in [-0.4, -0.2) is 46.5 Å². The fourth-order valence-electron chi connectivity index (χ4n) is 1.21. The van der Waals surface area contributed by atoms with Crippen molar-refractivity contribution in [1.82, 2.24) is 0 Å². The van der Waals surface area contributed by atoms with E-state index in [2.05, 4.69) is 0 Å². The lowest BCUT2D eigenvalue weighted by Gasteiger charge is -2.39. The van der Waals surface area contributed by atoms with E-state index in [0.717, 1.165) is 22.6 Å². The van der Waals surface area contributed by atoms with Crippen LogP contribution in [0.15, 0.2) is 9.66 Å². The Hall–Kier alpha value is -0.480. The maximum atomic E-state index is 13.4. The van der Waals surface area contributed by atoms with Crippen molar-refractivity contribution in [1.29, 1.82) is 0 Å². The minimum absolute atomic E-state index is 0.685. The largest absolute Gasteiger partial charge is 0.460 e. The second kappa shape index (κ2) is 6.55. The zero-order chi connectivity index (χ0) is 21.8. The molecular weight excluding hydrogens is 522 g/mol. The van der Waals surface area contributed by atoms with Gasteiger partial charge in [0.05, 0.1) is 5.60 Å². The van der Waals surface area contributed by atoms with E-state index >= 15 is 0 Å². The zero-order valence-electron chi connectivity index (χ0n) is 12.3. The fraction of sp³-hybridized carbons (Fsp3) is 0.818. The van der Waals surface area contributed by atoms with Crippen LogP contribution in [0.25, 0.3) is 0 Å². The van der Waals surface area contributed by atoms with Crippen LogP contribution in [0.4, 0.5) is 57.1 Å². The predicted molar refractivity (Wildman–Crippen MR) is 69.2 cm³/mol. The maximum Gasteiger partial charge on any atom is 0.460 e. The lowest BCUT2D eigenvalue weighted by atomic mass is 9.93. The summed E-state index contributed by atoms with van der Waals surface area (Å²) in [6.45, 7) is 1.37. The van der Waals surface area contributed by atoms with Gasteiger partial charge in [-0.2, -0.15) is 57.1 Å². The molecule has 15 heteroatoms. The molecule has 0 aliphatic carbocycles. The molecular formula is C11H8F13IO. The SMILES string of the molecule is CC(C)(O)/C(I)=C\C(F)(F)C(F)(F)C(F)(F)C(F)(F)C(F)(F)C(F)(F)F. The van der Waals surface area contributed by atoms with Crippen LogP contribution < -0.4 is 0 Å². The molecule has 0 aromatic rings. The van der Waals surface area contributed by atoms with E-state index in [1.807, 2.05) is 0 Å². The summed E-state index contributed by atoms with van der Waals surface area (Å²) < 4.78 is 165. The zero-order valence-corrected chi connectivity index (χ0v) is 14.5. The molecule has 1 N–H and O–H groups in total. The van der Waals surface area contributed by atoms with Gasteiger partial charge in [-0.05, 0) is 36.4 Å². The Kier molecular flexibility index (Phi) is 6.43. The van der Waals surface area contributed by atoms with Crippen molar-refractivity contribution in [3.8, 4) is 0 Å². The molecule has 0 fully saturated rings. The van der Waals surface area contributed by atoms with Gasteiger partial charge in [-0.25, -0.2) is 0 Å². The minimum atomic E-state index is -7.93. The van der Waals surface area contributed by atoms with Gasteiger partial charge in [-0.1, -0.05) is 0 Å². The van der Waals surface area contributed by atoms with Crippen LogP contribution in [0.1, 0.15) is 13.8 Å². The van der Waals surface area contributed by atoms with Gasteiger partial charge in [0.2, 0.25) is 0 Å². The number of hydrogen-bond acceptors (Lipinski definition) is 1. The van der Waals surface area contributed by atoms with Gasteiger partial charge in [0.25, 0.3) is 0 Å². The average molecular weight is 530 g/mol. The van der Waals surface area contributed by atoms with E-state index in [1.54, 1.807) is 0 Å². The molecule has 0 amide bonds. The van der Waals surface area contributed by atoms with Gasteiger partial charge in [0.15, 0.2) is 0 Å². The Labute approximate surface area is 150 Å². The van der Waals surface area contributed by atoms with Crippen LogP contribution >= 0.6 is 22.6 Å².